The van der Waals surface area contributed by atoms with Crippen molar-refractivity contribution in [1.29, 1.82) is 0 Å². The van der Waals surface area contributed by atoms with E-state index in [1.807, 2.05) is 60.7 Å². The predicted molar refractivity (Wildman–Crippen MR) is 116 cm³/mol. The van der Waals surface area contributed by atoms with Crippen LogP contribution in [0.5, 0.6) is 0 Å². The first-order valence-corrected chi connectivity index (χ1v) is 10.3. The molecule has 1 amide bonds. The Morgan fingerprint density at radius 1 is 0.969 bits per heavy atom. The Labute approximate surface area is 184 Å². The molecule has 2 aromatic carbocycles. The molecular weight excluding hydrogens is 417 g/mol. The highest BCUT2D eigenvalue weighted by atomic mass is 19.4. The summed E-state index contributed by atoms with van der Waals surface area (Å²) in [5.41, 5.74) is 2.40. The van der Waals surface area contributed by atoms with Crippen molar-refractivity contribution in [1.82, 2.24) is 15.1 Å². The minimum Gasteiger partial charge on any atom is -0.298 e. The van der Waals surface area contributed by atoms with Gasteiger partial charge in [-0.2, -0.15) is 13.2 Å². The molecule has 1 aromatic heterocycles. The summed E-state index contributed by atoms with van der Waals surface area (Å²) in [6, 6.07) is 22.0. The van der Waals surface area contributed by atoms with Crippen LogP contribution in [0.2, 0.25) is 0 Å². The molecule has 2 unspecified atom stereocenters. The van der Waals surface area contributed by atoms with Gasteiger partial charge in [0.05, 0.1) is 17.5 Å². The van der Waals surface area contributed by atoms with Gasteiger partial charge in [-0.25, -0.2) is 0 Å². The van der Waals surface area contributed by atoms with E-state index >= 15 is 0 Å². The molecule has 0 spiro atoms. The van der Waals surface area contributed by atoms with Crippen LogP contribution in [-0.4, -0.2) is 47.3 Å². The number of aromatic nitrogens is 2. The van der Waals surface area contributed by atoms with E-state index in [9.17, 15) is 18.0 Å². The van der Waals surface area contributed by atoms with Crippen molar-refractivity contribution in [3.8, 4) is 11.3 Å². The number of anilines is 1. The van der Waals surface area contributed by atoms with Gasteiger partial charge in [-0.3, -0.25) is 14.6 Å². The average Bonchev–Trinajstić information content (AvgIpc) is 3.24. The summed E-state index contributed by atoms with van der Waals surface area (Å²) >= 11 is 0. The molecule has 0 N–H and O–H groups in total. The van der Waals surface area contributed by atoms with E-state index < -0.39 is 23.9 Å². The van der Waals surface area contributed by atoms with Crippen LogP contribution in [0.15, 0.2) is 72.8 Å². The molecule has 5 nitrogen and oxygen atoms in total. The number of rotatable bonds is 5. The molecule has 0 aliphatic carbocycles. The summed E-state index contributed by atoms with van der Waals surface area (Å²) in [6.07, 6.45) is -4.46. The highest BCUT2D eigenvalue weighted by molar-refractivity contribution is 5.94. The van der Waals surface area contributed by atoms with Crippen LogP contribution in [-0.2, 0) is 11.3 Å². The largest absolute Gasteiger partial charge is 0.393 e. The van der Waals surface area contributed by atoms with E-state index in [4.69, 9.17) is 0 Å². The SMILES string of the molecule is CN(C(=O)C1CN(Cc2ccccc2)CC1C(F)(F)F)c1ccc(-c2ccccc2)nn1. The zero-order chi connectivity index (χ0) is 22.7. The summed E-state index contributed by atoms with van der Waals surface area (Å²) < 4.78 is 41.3. The van der Waals surface area contributed by atoms with Crippen molar-refractivity contribution >= 4 is 11.7 Å². The van der Waals surface area contributed by atoms with Crippen molar-refractivity contribution < 1.29 is 18.0 Å². The van der Waals surface area contributed by atoms with E-state index in [0.29, 0.717) is 12.2 Å². The molecule has 1 aliphatic heterocycles. The third kappa shape index (κ3) is 4.80. The standard InChI is InChI=1S/C24H23F3N4O/c1-30(22-13-12-21(28-29-22)18-10-6-3-7-11-18)23(32)19-15-31(16-20(19)24(25,26)27)14-17-8-4-2-5-9-17/h2-13,19-20H,14-16H2,1H3. The molecular formula is C24H23F3N4O. The molecule has 166 valence electrons. The number of nitrogens with zero attached hydrogens (tertiary/aromatic N) is 4. The number of halogens is 3. The fraction of sp³-hybridized carbons (Fsp3) is 0.292. The molecule has 1 fully saturated rings. The Morgan fingerprint density at radius 2 is 1.62 bits per heavy atom. The van der Waals surface area contributed by atoms with Crippen LogP contribution in [0.3, 0.4) is 0 Å². The van der Waals surface area contributed by atoms with Gasteiger partial charge in [0.15, 0.2) is 5.82 Å². The maximum atomic E-state index is 13.8. The summed E-state index contributed by atoms with van der Waals surface area (Å²) in [5, 5.41) is 8.22. The zero-order valence-corrected chi connectivity index (χ0v) is 17.5. The van der Waals surface area contributed by atoms with Gasteiger partial charge in [0.25, 0.3) is 0 Å². The number of carbonyl (C=O) groups excluding carboxylic acids is 1. The lowest BCUT2D eigenvalue weighted by Crippen LogP contribution is -2.41. The second-order valence-electron chi connectivity index (χ2n) is 7.97. The molecule has 0 bridgehead atoms. The van der Waals surface area contributed by atoms with Crippen molar-refractivity contribution in [3.05, 3.63) is 78.4 Å². The van der Waals surface area contributed by atoms with Gasteiger partial charge in [-0.15, -0.1) is 10.2 Å². The van der Waals surface area contributed by atoms with Crippen LogP contribution in [0, 0.1) is 11.8 Å². The molecule has 3 aromatic rings. The molecule has 0 radical (unpaired) electrons. The number of amides is 1. The molecule has 2 heterocycles. The van der Waals surface area contributed by atoms with E-state index in [1.54, 1.807) is 17.0 Å². The molecule has 4 rings (SSSR count). The number of hydrogen-bond acceptors (Lipinski definition) is 4. The summed E-state index contributed by atoms with van der Waals surface area (Å²) in [7, 11) is 1.45. The van der Waals surface area contributed by atoms with E-state index in [2.05, 4.69) is 10.2 Å². The van der Waals surface area contributed by atoms with Crippen LogP contribution >= 0.6 is 0 Å². The van der Waals surface area contributed by atoms with Crippen molar-refractivity contribution in [2.24, 2.45) is 11.8 Å². The second-order valence-corrected chi connectivity index (χ2v) is 7.97. The first-order valence-electron chi connectivity index (χ1n) is 10.3. The van der Waals surface area contributed by atoms with Crippen molar-refractivity contribution in [2.75, 3.05) is 25.0 Å². The Balaban J connectivity index is 1.50. The van der Waals surface area contributed by atoms with Crippen LogP contribution in [0.25, 0.3) is 11.3 Å². The number of hydrogen-bond donors (Lipinski definition) is 0. The fourth-order valence-electron chi connectivity index (χ4n) is 4.07. The topological polar surface area (TPSA) is 49.3 Å². The Bertz CT molecular complexity index is 1040. The van der Waals surface area contributed by atoms with Gasteiger partial charge in [-0.1, -0.05) is 60.7 Å². The van der Waals surface area contributed by atoms with Crippen LogP contribution in [0.4, 0.5) is 19.0 Å². The summed E-state index contributed by atoms with van der Waals surface area (Å²) in [4.78, 5) is 16.0. The third-order valence-corrected chi connectivity index (χ3v) is 5.78. The molecule has 1 aliphatic rings. The lowest BCUT2D eigenvalue weighted by atomic mass is 9.94. The van der Waals surface area contributed by atoms with Crippen LogP contribution < -0.4 is 4.90 Å². The minimum atomic E-state index is -4.46. The zero-order valence-electron chi connectivity index (χ0n) is 17.5. The Hall–Kier alpha value is -3.26. The van der Waals surface area contributed by atoms with Gasteiger partial charge in [0, 0.05) is 32.2 Å². The maximum absolute atomic E-state index is 13.8. The Morgan fingerprint density at radius 3 is 2.22 bits per heavy atom. The van der Waals surface area contributed by atoms with Gasteiger partial charge in [0.1, 0.15) is 0 Å². The lowest BCUT2D eigenvalue weighted by molar-refractivity contribution is -0.182. The highest BCUT2D eigenvalue weighted by Gasteiger charge is 2.53. The van der Waals surface area contributed by atoms with E-state index in [-0.39, 0.29) is 18.9 Å². The quantitative estimate of drug-likeness (QED) is 0.590. The van der Waals surface area contributed by atoms with Crippen LogP contribution in [0.1, 0.15) is 5.56 Å². The second kappa shape index (κ2) is 9.08. The van der Waals surface area contributed by atoms with Gasteiger partial charge in [0.2, 0.25) is 5.91 Å². The number of likely N-dealkylation sites (tertiary alicyclic amines) is 1. The Kier molecular flexibility index (Phi) is 6.23. The molecule has 1 saturated heterocycles. The molecule has 32 heavy (non-hydrogen) atoms. The predicted octanol–water partition coefficient (Wildman–Crippen LogP) is 4.42. The smallest absolute Gasteiger partial charge is 0.298 e. The summed E-state index contributed by atoms with van der Waals surface area (Å²) in [5.74, 6) is -3.31. The molecule has 2 atom stereocenters. The normalized spacial score (nSPS) is 19.1. The molecule has 0 saturated carbocycles. The number of benzene rings is 2. The number of alkyl halides is 3. The monoisotopic (exact) mass is 440 g/mol. The minimum absolute atomic E-state index is 0.0395. The van der Waals surface area contributed by atoms with E-state index in [0.717, 1.165) is 11.1 Å². The van der Waals surface area contributed by atoms with E-state index in [1.165, 1.54) is 11.9 Å². The fourth-order valence-corrected chi connectivity index (χ4v) is 4.07. The third-order valence-electron chi connectivity index (χ3n) is 5.78. The molecule has 8 heteroatoms. The first kappa shape index (κ1) is 22.0. The average molecular weight is 440 g/mol. The van der Waals surface area contributed by atoms with Gasteiger partial charge in [-0.05, 0) is 17.7 Å². The maximum Gasteiger partial charge on any atom is 0.393 e. The van der Waals surface area contributed by atoms with Crippen molar-refractivity contribution in [3.63, 3.8) is 0 Å². The van der Waals surface area contributed by atoms with Gasteiger partial charge >= 0.3 is 6.18 Å². The summed E-state index contributed by atoms with van der Waals surface area (Å²) in [6.45, 7) is 0.200. The lowest BCUT2D eigenvalue weighted by Gasteiger charge is -2.25. The highest BCUT2D eigenvalue weighted by Crippen LogP contribution is 2.39. The van der Waals surface area contributed by atoms with Gasteiger partial charge < -0.3 is 0 Å². The number of carbonyl (C=O) groups is 1. The van der Waals surface area contributed by atoms with Crippen molar-refractivity contribution in [2.45, 2.75) is 12.7 Å². The first-order chi connectivity index (χ1) is 15.3.